The monoisotopic (exact) mass is 664 g/mol. The second-order valence-electron chi connectivity index (χ2n) is 8.71. The molecule has 0 saturated heterocycles. The van der Waals surface area contributed by atoms with Gasteiger partial charge in [-0.1, -0.05) is 0 Å². The van der Waals surface area contributed by atoms with E-state index < -0.39 is 0 Å². The van der Waals surface area contributed by atoms with Crippen molar-refractivity contribution in [3.8, 4) is 0 Å². The topological polar surface area (TPSA) is 138 Å². The molecule has 0 radical (unpaired) electrons. The van der Waals surface area contributed by atoms with Gasteiger partial charge in [0.05, 0.1) is 172 Å². The third-order valence-corrected chi connectivity index (χ3v) is 5.08. The number of hydrogen-bond donors (Lipinski definition) is 0. The molecule has 0 atom stereocenters. The van der Waals surface area contributed by atoms with E-state index in [-0.39, 0.29) is 0 Å². The van der Waals surface area contributed by atoms with Crippen LogP contribution in [0.4, 0.5) is 0 Å². The standard InChI is InChI=1S/C20H42O10.C10H22O5/c1-21-3-5-23-7-9-25-11-13-27-15-17-29-19-20-30-18-16-28-14-12-26-10-8-24-6-4-22-2;1-11-3-5-13-7-9-15-10-8-14-6-4-12-2/h3-20H2,1-2H3;3-10H2,1-2H3. The molecule has 0 aromatic carbocycles. The van der Waals surface area contributed by atoms with Crippen LogP contribution in [0.2, 0.25) is 0 Å². The Bertz CT molecular complexity index is 441. The quantitative estimate of drug-likeness (QED) is 0.0854. The summed E-state index contributed by atoms with van der Waals surface area (Å²) in [5.74, 6) is 0. The Morgan fingerprint density at radius 2 is 0.244 bits per heavy atom. The fourth-order valence-electron chi connectivity index (χ4n) is 2.75. The summed E-state index contributed by atoms with van der Waals surface area (Å²) in [4.78, 5) is 0. The summed E-state index contributed by atoms with van der Waals surface area (Å²) in [7, 11) is 6.59. The van der Waals surface area contributed by atoms with E-state index in [1.54, 1.807) is 28.4 Å². The fourth-order valence-corrected chi connectivity index (χ4v) is 2.75. The molecule has 0 spiro atoms. The van der Waals surface area contributed by atoms with Crippen LogP contribution < -0.4 is 0 Å². The molecule has 0 fully saturated rings. The Balaban J connectivity index is 0. The van der Waals surface area contributed by atoms with Crippen molar-refractivity contribution >= 4 is 0 Å². The molecule has 0 N–H and O–H groups in total. The van der Waals surface area contributed by atoms with Crippen LogP contribution >= 0.6 is 0 Å². The van der Waals surface area contributed by atoms with Crippen LogP contribution in [0.15, 0.2) is 0 Å². The lowest BCUT2D eigenvalue weighted by Crippen LogP contribution is -2.15. The molecule has 0 aromatic rings. The van der Waals surface area contributed by atoms with Crippen LogP contribution in [0.3, 0.4) is 0 Å². The maximum Gasteiger partial charge on any atom is 0.0701 e. The molecule has 274 valence electrons. The lowest BCUT2D eigenvalue weighted by atomic mass is 10.6. The molecular weight excluding hydrogens is 600 g/mol. The van der Waals surface area contributed by atoms with Gasteiger partial charge in [0, 0.05) is 28.4 Å². The first-order valence-electron chi connectivity index (χ1n) is 15.6. The summed E-state index contributed by atoms with van der Waals surface area (Å²) in [5, 5.41) is 0. The van der Waals surface area contributed by atoms with E-state index in [9.17, 15) is 0 Å². The zero-order valence-electron chi connectivity index (χ0n) is 28.5. The molecule has 45 heavy (non-hydrogen) atoms. The molecule has 0 unspecified atom stereocenters. The third kappa shape index (κ3) is 50.4. The molecule has 0 rings (SSSR count). The Labute approximate surface area is 271 Å². The van der Waals surface area contributed by atoms with Crippen molar-refractivity contribution in [2.75, 3.05) is 200 Å². The van der Waals surface area contributed by atoms with Gasteiger partial charge in [-0.25, -0.2) is 0 Å². The van der Waals surface area contributed by atoms with Crippen LogP contribution in [-0.4, -0.2) is 200 Å². The maximum absolute atomic E-state index is 5.42. The summed E-state index contributed by atoms with van der Waals surface area (Å²) in [5.41, 5.74) is 0. The van der Waals surface area contributed by atoms with Crippen LogP contribution in [0.25, 0.3) is 0 Å². The van der Waals surface area contributed by atoms with Crippen LogP contribution in [0.5, 0.6) is 0 Å². The molecule has 15 heteroatoms. The van der Waals surface area contributed by atoms with Gasteiger partial charge in [0.15, 0.2) is 0 Å². The summed E-state index contributed by atoms with van der Waals surface area (Å²) in [6.45, 7) is 14.9. The minimum atomic E-state index is 0.533. The van der Waals surface area contributed by atoms with Crippen LogP contribution in [0.1, 0.15) is 0 Å². The molecule has 0 aliphatic rings. The van der Waals surface area contributed by atoms with E-state index in [1.807, 2.05) is 0 Å². The minimum Gasteiger partial charge on any atom is -0.382 e. The molecule has 0 amide bonds. The number of methoxy groups -OCH3 is 4. The van der Waals surface area contributed by atoms with Crippen molar-refractivity contribution in [2.45, 2.75) is 0 Å². The molecule has 0 aliphatic heterocycles. The molecule has 0 heterocycles. The normalized spacial score (nSPS) is 11.2. The van der Waals surface area contributed by atoms with Crippen molar-refractivity contribution in [1.82, 2.24) is 0 Å². The first kappa shape index (κ1) is 46.5. The van der Waals surface area contributed by atoms with Gasteiger partial charge in [-0.05, 0) is 0 Å². The number of hydrogen-bond acceptors (Lipinski definition) is 15. The lowest BCUT2D eigenvalue weighted by molar-refractivity contribution is -0.0252. The van der Waals surface area contributed by atoms with Gasteiger partial charge in [0.1, 0.15) is 0 Å². The first-order valence-corrected chi connectivity index (χ1v) is 15.6. The van der Waals surface area contributed by atoms with E-state index in [2.05, 4.69) is 0 Å². The predicted octanol–water partition coefficient (Wildman–Crippen LogP) is 0.741. The zero-order valence-corrected chi connectivity index (χ0v) is 28.5. The van der Waals surface area contributed by atoms with E-state index in [0.29, 0.717) is 172 Å². The van der Waals surface area contributed by atoms with Gasteiger partial charge >= 0.3 is 0 Å². The molecule has 0 aromatic heterocycles. The third-order valence-electron chi connectivity index (χ3n) is 5.08. The SMILES string of the molecule is COCCOCCOCCOCCOC.COCCOCCOCCOCCOCCOCCOCCOCCOCCOC. The number of ether oxygens (including phenoxy) is 15. The van der Waals surface area contributed by atoms with Crippen LogP contribution in [0, 0.1) is 0 Å². The summed E-state index contributed by atoms with van der Waals surface area (Å²) < 4.78 is 78.0. The van der Waals surface area contributed by atoms with Gasteiger partial charge < -0.3 is 71.1 Å². The number of rotatable bonds is 39. The molecule has 0 saturated carbocycles. The highest BCUT2D eigenvalue weighted by Gasteiger charge is 1.95. The van der Waals surface area contributed by atoms with Gasteiger partial charge in [-0.3, -0.25) is 0 Å². The fraction of sp³-hybridized carbons (Fsp3) is 1.00. The summed E-state index contributed by atoms with van der Waals surface area (Å²) >= 11 is 0. The van der Waals surface area contributed by atoms with Crippen molar-refractivity contribution in [3.05, 3.63) is 0 Å². The molecule has 0 aliphatic carbocycles. The van der Waals surface area contributed by atoms with Gasteiger partial charge in [-0.15, -0.1) is 0 Å². The maximum atomic E-state index is 5.42. The Morgan fingerprint density at radius 3 is 0.333 bits per heavy atom. The first-order chi connectivity index (χ1) is 22.3. The van der Waals surface area contributed by atoms with E-state index in [4.69, 9.17) is 71.1 Å². The largest absolute Gasteiger partial charge is 0.382 e. The van der Waals surface area contributed by atoms with Gasteiger partial charge in [0.25, 0.3) is 0 Å². The summed E-state index contributed by atoms with van der Waals surface area (Å²) in [6, 6.07) is 0. The molecule has 15 nitrogen and oxygen atoms in total. The van der Waals surface area contributed by atoms with Crippen LogP contribution in [-0.2, 0) is 71.1 Å². The smallest absolute Gasteiger partial charge is 0.0701 e. The Morgan fingerprint density at radius 1 is 0.156 bits per heavy atom. The average Bonchev–Trinajstić information content (AvgIpc) is 3.05. The minimum absolute atomic E-state index is 0.533. The molecular formula is C30H64O15. The second-order valence-corrected chi connectivity index (χ2v) is 8.71. The lowest BCUT2D eigenvalue weighted by Gasteiger charge is -2.08. The van der Waals surface area contributed by atoms with Crippen molar-refractivity contribution in [1.29, 1.82) is 0 Å². The predicted molar refractivity (Wildman–Crippen MR) is 167 cm³/mol. The summed E-state index contributed by atoms with van der Waals surface area (Å²) in [6.07, 6.45) is 0. The average molecular weight is 665 g/mol. The van der Waals surface area contributed by atoms with Gasteiger partial charge in [0.2, 0.25) is 0 Å². The van der Waals surface area contributed by atoms with Crippen molar-refractivity contribution in [3.63, 3.8) is 0 Å². The zero-order chi connectivity index (χ0) is 33.0. The highest BCUT2D eigenvalue weighted by Crippen LogP contribution is 1.86. The molecule has 0 bridgehead atoms. The van der Waals surface area contributed by atoms with Crippen molar-refractivity contribution in [2.24, 2.45) is 0 Å². The van der Waals surface area contributed by atoms with E-state index >= 15 is 0 Å². The highest BCUT2D eigenvalue weighted by atomic mass is 16.6. The van der Waals surface area contributed by atoms with E-state index in [0.717, 1.165) is 0 Å². The Hall–Kier alpha value is -0.600. The van der Waals surface area contributed by atoms with Crippen molar-refractivity contribution < 1.29 is 71.1 Å². The highest BCUT2D eigenvalue weighted by molar-refractivity contribution is 4.38. The van der Waals surface area contributed by atoms with Gasteiger partial charge in [-0.2, -0.15) is 0 Å². The second kappa shape index (κ2) is 47.8. The van der Waals surface area contributed by atoms with E-state index in [1.165, 1.54) is 0 Å². The Kier molecular flexibility index (Phi) is 49.4.